The minimum atomic E-state index is -0.584. The molecule has 0 fully saturated rings. The number of halogens is 2. The molecule has 0 unspecified atom stereocenters. The molecule has 0 aliphatic rings. The SMILES string of the molecule is COc1cc(O)ccc1C=Cc1cc([N+](=O)[O-])cc2c(=O)[nH]c(Nc3ccc(Cl)c(Cl)c3)nc12. The van der Waals surface area contributed by atoms with Gasteiger partial charge in [0.1, 0.15) is 11.5 Å². The lowest BCUT2D eigenvalue weighted by molar-refractivity contribution is -0.384. The van der Waals surface area contributed by atoms with Crippen LogP contribution < -0.4 is 15.6 Å². The van der Waals surface area contributed by atoms with Gasteiger partial charge in [0.25, 0.3) is 11.2 Å². The number of non-ortho nitro benzene ring substituents is 1. The zero-order chi connectivity index (χ0) is 24.4. The van der Waals surface area contributed by atoms with Gasteiger partial charge in [-0.1, -0.05) is 35.4 Å². The third-order valence-electron chi connectivity index (χ3n) is 4.88. The van der Waals surface area contributed by atoms with Crippen molar-refractivity contribution >= 4 is 63.6 Å². The van der Waals surface area contributed by atoms with Crippen molar-refractivity contribution in [1.29, 1.82) is 0 Å². The standard InChI is InChI=1S/C23H16Cl2N4O5/c1-34-20-11-16(30)6-4-12(20)2-3-13-8-15(29(32)33)10-17-21(13)27-23(28-22(17)31)26-14-5-7-18(24)19(25)9-14/h2-11,30H,1H3,(H2,26,27,28,31). The molecule has 0 spiro atoms. The zero-order valence-corrected chi connectivity index (χ0v) is 19.0. The van der Waals surface area contributed by atoms with Gasteiger partial charge in [-0.2, -0.15) is 0 Å². The lowest BCUT2D eigenvalue weighted by Crippen LogP contribution is -2.12. The number of nitrogens with zero attached hydrogens (tertiary/aromatic N) is 2. The molecule has 172 valence electrons. The molecular weight excluding hydrogens is 483 g/mol. The number of methoxy groups -OCH3 is 1. The fraction of sp³-hybridized carbons (Fsp3) is 0.0435. The van der Waals surface area contributed by atoms with Crippen molar-refractivity contribution in [1.82, 2.24) is 9.97 Å². The van der Waals surface area contributed by atoms with E-state index in [1.165, 1.54) is 31.4 Å². The average molecular weight is 499 g/mol. The molecule has 1 aromatic heterocycles. The van der Waals surface area contributed by atoms with E-state index in [4.69, 9.17) is 27.9 Å². The van der Waals surface area contributed by atoms with Gasteiger partial charge in [0, 0.05) is 35.0 Å². The Labute approximate surface area is 202 Å². The molecule has 0 radical (unpaired) electrons. The number of nitrogens with one attached hydrogen (secondary N) is 2. The fourth-order valence-electron chi connectivity index (χ4n) is 3.27. The van der Waals surface area contributed by atoms with Gasteiger partial charge in [0.2, 0.25) is 5.95 Å². The highest BCUT2D eigenvalue weighted by atomic mass is 35.5. The molecule has 0 bridgehead atoms. The van der Waals surface area contributed by atoms with Gasteiger partial charge in [-0.05, 0) is 30.3 Å². The fourth-order valence-corrected chi connectivity index (χ4v) is 3.57. The monoisotopic (exact) mass is 498 g/mol. The molecule has 9 nitrogen and oxygen atoms in total. The van der Waals surface area contributed by atoms with Crippen LogP contribution in [0.25, 0.3) is 23.1 Å². The van der Waals surface area contributed by atoms with Crippen LogP contribution in [0, 0.1) is 10.1 Å². The number of phenolic OH excluding ortho intramolecular Hbond substituents is 1. The first-order chi connectivity index (χ1) is 16.2. The number of phenols is 1. The second-order valence-electron chi connectivity index (χ2n) is 7.12. The largest absolute Gasteiger partial charge is 0.508 e. The number of nitro benzene ring substituents is 1. The first-order valence-corrected chi connectivity index (χ1v) is 10.5. The number of hydrogen-bond acceptors (Lipinski definition) is 7. The van der Waals surface area contributed by atoms with Gasteiger partial charge in [-0.3, -0.25) is 19.9 Å². The quantitative estimate of drug-likeness (QED) is 0.175. The molecular formula is C23H16Cl2N4O5. The Bertz CT molecular complexity index is 1520. The predicted molar refractivity (Wildman–Crippen MR) is 132 cm³/mol. The second kappa shape index (κ2) is 9.42. The van der Waals surface area contributed by atoms with Crippen LogP contribution in [0.4, 0.5) is 17.3 Å². The Morgan fingerprint density at radius 3 is 2.56 bits per heavy atom. The molecule has 1 heterocycles. The van der Waals surface area contributed by atoms with E-state index in [1.54, 1.807) is 36.4 Å². The van der Waals surface area contributed by atoms with Crippen molar-refractivity contribution in [2.75, 3.05) is 12.4 Å². The topological polar surface area (TPSA) is 130 Å². The van der Waals surface area contributed by atoms with Gasteiger partial charge >= 0.3 is 0 Å². The van der Waals surface area contributed by atoms with Gasteiger partial charge < -0.3 is 15.2 Å². The van der Waals surface area contributed by atoms with Crippen LogP contribution in [0.5, 0.6) is 11.5 Å². The van der Waals surface area contributed by atoms with Crippen LogP contribution >= 0.6 is 23.2 Å². The third kappa shape index (κ3) is 4.80. The molecule has 11 heteroatoms. The summed E-state index contributed by atoms with van der Waals surface area (Å²) in [4.78, 5) is 30.7. The second-order valence-corrected chi connectivity index (χ2v) is 7.93. The molecule has 3 N–H and O–H groups in total. The maximum atomic E-state index is 12.8. The van der Waals surface area contributed by atoms with Crippen molar-refractivity contribution in [3.8, 4) is 11.5 Å². The number of aromatic amines is 1. The number of aromatic hydroxyl groups is 1. The summed E-state index contributed by atoms with van der Waals surface area (Å²) in [7, 11) is 1.46. The normalized spacial score (nSPS) is 11.1. The molecule has 4 aromatic rings. The molecule has 0 aliphatic carbocycles. The maximum absolute atomic E-state index is 12.8. The van der Waals surface area contributed by atoms with Crippen LogP contribution in [-0.2, 0) is 0 Å². The summed E-state index contributed by atoms with van der Waals surface area (Å²) in [6.45, 7) is 0. The molecule has 0 aliphatic heterocycles. The predicted octanol–water partition coefficient (Wildman–Crippen LogP) is 5.77. The summed E-state index contributed by atoms with van der Waals surface area (Å²) in [5.41, 5.74) is 0.896. The molecule has 4 rings (SSSR count). The first-order valence-electron chi connectivity index (χ1n) is 9.75. The zero-order valence-electron chi connectivity index (χ0n) is 17.5. The maximum Gasteiger partial charge on any atom is 0.270 e. The summed E-state index contributed by atoms with van der Waals surface area (Å²) >= 11 is 12.0. The molecule has 3 aromatic carbocycles. The van der Waals surface area contributed by atoms with Gasteiger partial charge in [-0.15, -0.1) is 0 Å². The Morgan fingerprint density at radius 2 is 1.85 bits per heavy atom. The van der Waals surface area contributed by atoms with Gasteiger partial charge in [0.15, 0.2) is 0 Å². The third-order valence-corrected chi connectivity index (χ3v) is 5.62. The van der Waals surface area contributed by atoms with E-state index in [9.17, 15) is 20.0 Å². The van der Waals surface area contributed by atoms with Crippen molar-refractivity contribution in [3.05, 3.63) is 90.2 Å². The van der Waals surface area contributed by atoms with Crippen molar-refractivity contribution < 1.29 is 14.8 Å². The number of aromatic nitrogens is 2. The first kappa shape index (κ1) is 23.1. The minimum absolute atomic E-state index is 0.0287. The number of rotatable bonds is 6. The number of H-pyrrole nitrogens is 1. The summed E-state index contributed by atoms with van der Waals surface area (Å²) in [6, 6.07) is 11.9. The average Bonchev–Trinajstić information content (AvgIpc) is 2.80. The van der Waals surface area contributed by atoms with E-state index in [-0.39, 0.29) is 28.3 Å². The Balaban J connectivity index is 1.84. The summed E-state index contributed by atoms with van der Waals surface area (Å²) in [6.07, 6.45) is 3.23. The number of benzene rings is 3. The van der Waals surface area contributed by atoms with Crippen molar-refractivity contribution in [2.24, 2.45) is 0 Å². The van der Waals surface area contributed by atoms with E-state index >= 15 is 0 Å². The Morgan fingerprint density at radius 1 is 1.09 bits per heavy atom. The molecule has 0 saturated carbocycles. The molecule has 0 saturated heterocycles. The highest BCUT2D eigenvalue weighted by molar-refractivity contribution is 6.42. The van der Waals surface area contributed by atoms with Crippen LogP contribution in [0.3, 0.4) is 0 Å². The number of anilines is 2. The lowest BCUT2D eigenvalue weighted by Gasteiger charge is -2.09. The Kier molecular flexibility index (Phi) is 6.40. The van der Waals surface area contributed by atoms with E-state index in [0.29, 0.717) is 32.6 Å². The molecule has 0 atom stereocenters. The number of fused-ring (bicyclic) bond motifs is 1. The highest BCUT2D eigenvalue weighted by Crippen LogP contribution is 2.29. The van der Waals surface area contributed by atoms with E-state index < -0.39 is 10.5 Å². The van der Waals surface area contributed by atoms with Crippen LogP contribution in [-0.4, -0.2) is 27.1 Å². The van der Waals surface area contributed by atoms with E-state index in [2.05, 4.69) is 15.3 Å². The molecule has 0 amide bonds. The van der Waals surface area contributed by atoms with E-state index in [1.807, 2.05) is 0 Å². The van der Waals surface area contributed by atoms with Crippen LogP contribution in [0.1, 0.15) is 11.1 Å². The van der Waals surface area contributed by atoms with Gasteiger partial charge in [-0.25, -0.2) is 4.98 Å². The number of hydrogen-bond donors (Lipinski definition) is 3. The van der Waals surface area contributed by atoms with Crippen molar-refractivity contribution in [2.45, 2.75) is 0 Å². The minimum Gasteiger partial charge on any atom is -0.508 e. The number of nitro groups is 1. The summed E-state index contributed by atoms with van der Waals surface area (Å²) in [5, 5.41) is 24.8. The number of ether oxygens (including phenoxy) is 1. The van der Waals surface area contributed by atoms with Crippen LogP contribution in [0.15, 0.2) is 53.3 Å². The van der Waals surface area contributed by atoms with Crippen LogP contribution in [0.2, 0.25) is 10.0 Å². The lowest BCUT2D eigenvalue weighted by atomic mass is 10.1. The molecule has 34 heavy (non-hydrogen) atoms. The summed E-state index contributed by atoms with van der Waals surface area (Å²) < 4.78 is 5.27. The van der Waals surface area contributed by atoms with Crippen molar-refractivity contribution in [3.63, 3.8) is 0 Å². The van der Waals surface area contributed by atoms with E-state index in [0.717, 1.165) is 0 Å². The smallest absolute Gasteiger partial charge is 0.270 e. The summed E-state index contributed by atoms with van der Waals surface area (Å²) in [5.74, 6) is 0.543. The van der Waals surface area contributed by atoms with Gasteiger partial charge in [0.05, 0.1) is 33.0 Å². The Hall–Kier alpha value is -4.08. The highest BCUT2D eigenvalue weighted by Gasteiger charge is 2.15.